The molecule has 192 valence electrons. The zero-order chi connectivity index (χ0) is 25.6. The van der Waals surface area contributed by atoms with Crippen LogP contribution in [0.2, 0.25) is 0 Å². The van der Waals surface area contributed by atoms with Gasteiger partial charge in [-0.05, 0) is 75.7 Å². The minimum Gasteiger partial charge on any atom is -0.465 e. The first-order valence-corrected chi connectivity index (χ1v) is 12.8. The fourth-order valence-electron chi connectivity index (χ4n) is 8.06. The quantitative estimate of drug-likeness (QED) is 0.398. The van der Waals surface area contributed by atoms with Crippen molar-refractivity contribution in [2.24, 2.45) is 36.6 Å². The average Bonchev–Trinajstić information content (AvgIpc) is 3.25. The molecule has 1 aliphatic heterocycles. The number of halogens is 3. The van der Waals surface area contributed by atoms with Gasteiger partial charge >= 0.3 is 18.1 Å². The van der Waals surface area contributed by atoms with Crippen LogP contribution in [0.25, 0.3) is 10.9 Å². The number of allylic oxidation sites excluding steroid dienone is 1. The number of carbonyl (C=O) groups excluding carboxylic acids is 2. The number of ether oxygens (including phenoxy) is 2. The molecule has 2 heterocycles. The van der Waals surface area contributed by atoms with Crippen molar-refractivity contribution in [1.82, 2.24) is 4.57 Å². The molecule has 5 fully saturated rings. The number of esters is 2. The van der Waals surface area contributed by atoms with Gasteiger partial charge in [0.15, 0.2) is 0 Å². The van der Waals surface area contributed by atoms with Crippen LogP contribution >= 0.6 is 0 Å². The van der Waals surface area contributed by atoms with E-state index in [0.717, 1.165) is 37.7 Å². The largest absolute Gasteiger partial charge is 0.465 e. The lowest BCUT2D eigenvalue weighted by atomic mass is 9.53. The smallest absolute Gasteiger partial charge is 0.434 e. The summed E-state index contributed by atoms with van der Waals surface area (Å²) in [6.07, 6.45) is -0.448. The summed E-state index contributed by atoms with van der Waals surface area (Å²) in [6.45, 7) is 3.04. The summed E-state index contributed by atoms with van der Waals surface area (Å²) in [4.78, 5) is 27.1. The topological polar surface area (TPSA) is 57.5 Å². The molecule has 2 aromatic rings. The summed E-state index contributed by atoms with van der Waals surface area (Å²) in [5.74, 6) is -2.84. The molecule has 1 saturated heterocycles. The average molecular weight is 502 g/mol. The SMILES string of the molecule is CCOC(=O)[C@H]1C(=C2C3CC4CC(C3)CC2C4)C(=O)O[C@@]1(c1c(C)n(C)c2ccccc12)C(F)(F)F. The van der Waals surface area contributed by atoms with Gasteiger partial charge in [0, 0.05) is 29.2 Å². The van der Waals surface area contributed by atoms with Crippen LogP contribution in [0, 0.1) is 36.5 Å². The molecular weight excluding hydrogens is 471 g/mol. The van der Waals surface area contributed by atoms with Gasteiger partial charge in [-0.3, -0.25) is 4.79 Å². The zero-order valence-corrected chi connectivity index (χ0v) is 20.7. The predicted molar refractivity (Wildman–Crippen MR) is 126 cm³/mol. The monoisotopic (exact) mass is 501 g/mol. The van der Waals surface area contributed by atoms with E-state index in [-0.39, 0.29) is 29.6 Å². The van der Waals surface area contributed by atoms with Gasteiger partial charge in [0.1, 0.15) is 5.92 Å². The first-order valence-electron chi connectivity index (χ1n) is 12.8. The summed E-state index contributed by atoms with van der Waals surface area (Å²) in [5.41, 5.74) is -1.83. The van der Waals surface area contributed by atoms with Crippen molar-refractivity contribution in [2.75, 3.05) is 6.61 Å². The number of hydrogen-bond acceptors (Lipinski definition) is 4. The summed E-state index contributed by atoms with van der Waals surface area (Å²) in [5, 5.41) is 0.313. The lowest BCUT2D eigenvalue weighted by Gasteiger charge is -2.52. The van der Waals surface area contributed by atoms with Gasteiger partial charge in [-0.25, -0.2) is 4.79 Å². The lowest BCUT2D eigenvalue weighted by Crippen LogP contribution is -2.51. The van der Waals surface area contributed by atoms with Crippen LogP contribution in [-0.2, 0) is 31.7 Å². The molecule has 4 aliphatic carbocycles. The van der Waals surface area contributed by atoms with Crippen LogP contribution in [0.1, 0.15) is 50.3 Å². The van der Waals surface area contributed by atoms with E-state index in [2.05, 4.69) is 0 Å². The Bertz CT molecular complexity index is 1280. The fraction of sp³-hybridized carbons (Fsp3) is 0.571. The van der Waals surface area contributed by atoms with Crippen molar-refractivity contribution in [2.45, 2.75) is 57.7 Å². The highest BCUT2D eigenvalue weighted by molar-refractivity contribution is 6.02. The lowest BCUT2D eigenvalue weighted by molar-refractivity contribution is -0.276. The van der Waals surface area contributed by atoms with Gasteiger partial charge in [0.05, 0.1) is 12.2 Å². The highest BCUT2D eigenvalue weighted by Gasteiger charge is 2.74. The molecule has 7 rings (SSSR count). The Labute approximate surface area is 207 Å². The van der Waals surface area contributed by atoms with Crippen molar-refractivity contribution in [1.29, 1.82) is 0 Å². The van der Waals surface area contributed by atoms with Crippen LogP contribution in [0.5, 0.6) is 0 Å². The van der Waals surface area contributed by atoms with Crippen LogP contribution in [-0.4, -0.2) is 29.3 Å². The summed E-state index contributed by atoms with van der Waals surface area (Å²) < 4.78 is 58.7. The van der Waals surface area contributed by atoms with Crippen molar-refractivity contribution in [3.05, 3.63) is 46.7 Å². The van der Waals surface area contributed by atoms with Crippen LogP contribution < -0.4 is 0 Å². The molecule has 0 N–H and O–H groups in total. The predicted octanol–water partition coefficient (Wildman–Crippen LogP) is 5.73. The Hall–Kier alpha value is -2.77. The molecule has 1 aromatic heterocycles. The van der Waals surface area contributed by atoms with Gasteiger partial charge in [-0.1, -0.05) is 23.8 Å². The molecular formula is C28H30F3NO4. The van der Waals surface area contributed by atoms with Crippen molar-refractivity contribution >= 4 is 22.8 Å². The van der Waals surface area contributed by atoms with Crippen LogP contribution in [0.15, 0.2) is 35.4 Å². The molecule has 0 unspecified atom stereocenters. The molecule has 0 spiro atoms. The van der Waals surface area contributed by atoms with Crippen LogP contribution in [0.3, 0.4) is 0 Å². The molecule has 8 heteroatoms. The van der Waals surface area contributed by atoms with E-state index in [1.807, 2.05) is 0 Å². The fourth-order valence-corrected chi connectivity index (χ4v) is 8.06. The highest BCUT2D eigenvalue weighted by Crippen LogP contribution is 2.63. The van der Waals surface area contributed by atoms with Gasteiger partial charge in [-0.15, -0.1) is 0 Å². The number of rotatable bonds is 3. The molecule has 36 heavy (non-hydrogen) atoms. The molecule has 2 atom stereocenters. The second-order valence-corrected chi connectivity index (χ2v) is 11.0. The number of fused-ring (bicyclic) bond motifs is 1. The number of para-hydroxylation sites is 1. The van der Waals surface area contributed by atoms with E-state index in [0.29, 0.717) is 28.4 Å². The first kappa shape index (κ1) is 23.6. The minimum absolute atomic E-state index is 0.0263. The van der Waals surface area contributed by atoms with Gasteiger partial charge in [-0.2, -0.15) is 13.2 Å². The third-order valence-corrected chi connectivity index (χ3v) is 9.21. The Balaban J connectivity index is 1.66. The summed E-state index contributed by atoms with van der Waals surface area (Å²) >= 11 is 0. The number of aromatic nitrogens is 1. The molecule has 4 bridgehead atoms. The third kappa shape index (κ3) is 3.02. The van der Waals surface area contributed by atoms with E-state index in [9.17, 15) is 9.59 Å². The molecule has 4 saturated carbocycles. The molecule has 5 nitrogen and oxygen atoms in total. The molecule has 5 aliphatic rings. The first-order chi connectivity index (χ1) is 17.1. The van der Waals surface area contributed by atoms with Gasteiger partial charge < -0.3 is 14.0 Å². The number of alkyl halides is 3. The summed E-state index contributed by atoms with van der Waals surface area (Å²) in [7, 11) is 1.68. The Morgan fingerprint density at radius 2 is 1.72 bits per heavy atom. The Morgan fingerprint density at radius 3 is 2.31 bits per heavy atom. The van der Waals surface area contributed by atoms with E-state index in [1.54, 1.807) is 49.7 Å². The van der Waals surface area contributed by atoms with Crippen molar-refractivity contribution < 1.29 is 32.2 Å². The second kappa shape index (κ2) is 7.86. The Kier molecular flexibility index (Phi) is 5.16. The standard InChI is InChI=1S/C28H30F3NO4/c1-4-35-26(34)24-22(21-17-10-15-9-16(12-17)13-18(21)11-15)25(33)36-27(24,28(29,30)31)23-14(2)32(3)20-8-6-5-7-19(20)23/h5-8,15-18,24H,4,9-13H2,1-3H3/t15?,16?,17?,18?,24-,27-/m1/s1. The van der Waals surface area contributed by atoms with Crippen LogP contribution in [0.4, 0.5) is 13.2 Å². The number of benzene rings is 1. The third-order valence-electron chi connectivity index (χ3n) is 9.21. The number of carbonyl (C=O) groups is 2. The molecule has 0 radical (unpaired) electrons. The van der Waals surface area contributed by atoms with E-state index >= 15 is 13.2 Å². The van der Waals surface area contributed by atoms with Gasteiger partial charge in [0.2, 0.25) is 0 Å². The number of hydrogen-bond donors (Lipinski definition) is 0. The highest BCUT2D eigenvalue weighted by atomic mass is 19.4. The maximum atomic E-state index is 15.4. The number of aryl methyl sites for hydroxylation is 1. The minimum atomic E-state index is -5.05. The normalized spacial score (nSPS) is 33.5. The van der Waals surface area contributed by atoms with Crippen molar-refractivity contribution in [3.63, 3.8) is 0 Å². The van der Waals surface area contributed by atoms with Gasteiger partial charge in [0.25, 0.3) is 5.60 Å². The summed E-state index contributed by atoms with van der Waals surface area (Å²) in [6, 6.07) is 6.72. The zero-order valence-electron chi connectivity index (χ0n) is 20.7. The maximum Gasteiger partial charge on any atom is 0.434 e. The maximum absolute atomic E-state index is 15.4. The second-order valence-electron chi connectivity index (χ2n) is 11.0. The number of nitrogens with zero attached hydrogens (tertiary/aromatic N) is 1. The van der Waals surface area contributed by atoms with E-state index < -0.39 is 29.6 Å². The number of cyclic esters (lactones) is 1. The Morgan fingerprint density at radius 1 is 1.11 bits per heavy atom. The van der Waals surface area contributed by atoms with E-state index in [1.165, 1.54) is 0 Å². The molecule has 1 aromatic carbocycles. The van der Waals surface area contributed by atoms with E-state index in [4.69, 9.17) is 9.47 Å². The molecule has 0 amide bonds. The van der Waals surface area contributed by atoms with Crippen molar-refractivity contribution in [3.8, 4) is 0 Å².